The number of amides is 2. The Balaban J connectivity index is 2.32. The highest BCUT2D eigenvalue weighted by atomic mass is 32.1. The minimum Gasteiger partial charge on any atom is -0.350 e. The molecule has 1 N–H and O–H groups in total. The number of nitrogens with one attached hydrogen (secondary N) is 1. The van der Waals surface area contributed by atoms with Gasteiger partial charge in [0.2, 0.25) is 5.43 Å². The zero-order chi connectivity index (χ0) is 21.7. The maximum absolute atomic E-state index is 13.0. The third kappa shape index (κ3) is 6.03. The van der Waals surface area contributed by atoms with Gasteiger partial charge in [-0.1, -0.05) is 13.8 Å². The predicted molar refractivity (Wildman–Crippen MR) is 118 cm³/mol. The van der Waals surface area contributed by atoms with Gasteiger partial charge in [-0.2, -0.15) is 11.3 Å². The third-order valence-corrected chi connectivity index (χ3v) is 5.33. The molecule has 2 aromatic rings. The lowest BCUT2D eigenvalue weighted by atomic mass is 10.1. The van der Waals surface area contributed by atoms with Gasteiger partial charge in [-0.25, -0.2) is 0 Å². The van der Waals surface area contributed by atoms with Crippen LogP contribution >= 0.6 is 11.3 Å². The first-order valence-corrected chi connectivity index (χ1v) is 10.9. The van der Waals surface area contributed by atoms with E-state index >= 15 is 0 Å². The van der Waals surface area contributed by atoms with Gasteiger partial charge in [0.25, 0.3) is 11.8 Å². The number of carbonyl (C=O) groups is 2. The Labute approximate surface area is 176 Å². The summed E-state index contributed by atoms with van der Waals surface area (Å²) in [5.74, 6) is -0.534. The van der Waals surface area contributed by atoms with Crippen molar-refractivity contribution in [1.29, 1.82) is 0 Å². The normalized spacial score (nSPS) is 12.3. The Hall–Kier alpha value is -2.41. The first kappa shape index (κ1) is 22.9. The molecule has 0 spiro atoms. The minimum absolute atomic E-state index is 0.000310. The summed E-state index contributed by atoms with van der Waals surface area (Å²) in [5, 5.41) is 6.93. The topological polar surface area (TPSA) is 71.4 Å². The van der Waals surface area contributed by atoms with Gasteiger partial charge >= 0.3 is 0 Å². The first-order valence-electron chi connectivity index (χ1n) is 9.93. The minimum atomic E-state index is -0.525. The number of carbonyl (C=O) groups excluding carboxylic acids is 2. The van der Waals surface area contributed by atoms with E-state index in [9.17, 15) is 14.4 Å². The molecule has 1 atom stereocenters. The van der Waals surface area contributed by atoms with Crippen LogP contribution in [0.15, 0.2) is 34.0 Å². The average Bonchev–Trinajstić information content (AvgIpc) is 3.13. The van der Waals surface area contributed by atoms with Crippen molar-refractivity contribution in [3.63, 3.8) is 0 Å². The van der Waals surface area contributed by atoms with Crippen molar-refractivity contribution in [3.8, 4) is 0 Å². The summed E-state index contributed by atoms with van der Waals surface area (Å²) in [6.07, 6.45) is 3.78. The molecule has 158 valence electrons. The van der Waals surface area contributed by atoms with Crippen LogP contribution in [0.3, 0.4) is 0 Å². The standard InChI is InChI=1S/C22H31N3O3S/c1-14(2)10-24(6)22(28)19-12-25(15(3)4)11-18(20(19)26)21(27)23-16(5)9-17-7-8-29-13-17/h7-8,11-16H,9-10H2,1-6H3,(H,23,27)/t16-/m1/s1. The monoisotopic (exact) mass is 417 g/mol. The van der Waals surface area contributed by atoms with E-state index < -0.39 is 11.3 Å². The highest BCUT2D eigenvalue weighted by Gasteiger charge is 2.23. The van der Waals surface area contributed by atoms with Crippen LogP contribution in [0.25, 0.3) is 0 Å². The van der Waals surface area contributed by atoms with Crippen LogP contribution in [-0.2, 0) is 6.42 Å². The second-order valence-corrected chi connectivity index (χ2v) is 9.03. The van der Waals surface area contributed by atoms with Gasteiger partial charge in [-0.3, -0.25) is 14.4 Å². The number of aromatic nitrogens is 1. The van der Waals surface area contributed by atoms with E-state index in [1.807, 2.05) is 51.4 Å². The lowest BCUT2D eigenvalue weighted by Crippen LogP contribution is -2.40. The summed E-state index contributed by atoms with van der Waals surface area (Å²) in [5.41, 5.74) is 0.643. The van der Waals surface area contributed by atoms with E-state index in [1.165, 1.54) is 4.90 Å². The summed E-state index contributed by atoms with van der Waals surface area (Å²) in [6.45, 7) is 10.3. The highest BCUT2D eigenvalue weighted by Crippen LogP contribution is 2.11. The second kappa shape index (κ2) is 9.87. The largest absolute Gasteiger partial charge is 0.350 e. The quantitative estimate of drug-likeness (QED) is 0.714. The summed E-state index contributed by atoms with van der Waals surface area (Å²) in [7, 11) is 1.68. The van der Waals surface area contributed by atoms with Crippen LogP contribution in [0.2, 0.25) is 0 Å². The van der Waals surface area contributed by atoms with Crippen LogP contribution in [0, 0.1) is 5.92 Å². The molecular weight excluding hydrogens is 386 g/mol. The van der Waals surface area contributed by atoms with E-state index in [-0.39, 0.29) is 35.0 Å². The fraction of sp³-hybridized carbons (Fsp3) is 0.500. The fourth-order valence-electron chi connectivity index (χ4n) is 3.16. The molecule has 0 aromatic carbocycles. The highest BCUT2D eigenvalue weighted by molar-refractivity contribution is 7.07. The van der Waals surface area contributed by atoms with Crippen LogP contribution < -0.4 is 10.7 Å². The molecule has 0 radical (unpaired) electrons. The Morgan fingerprint density at radius 2 is 1.79 bits per heavy atom. The molecule has 2 amide bonds. The zero-order valence-corrected chi connectivity index (χ0v) is 18.9. The molecule has 0 fully saturated rings. The van der Waals surface area contributed by atoms with Gasteiger partial charge in [0.15, 0.2) is 0 Å². The lowest BCUT2D eigenvalue weighted by molar-refractivity contribution is 0.0777. The van der Waals surface area contributed by atoms with Gasteiger partial charge in [-0.05, 0) is 55.5 Å². The average molecular weight is 418 g/mol. The Morgan fingerprint density at radius 3 is 2.34 bits per heavy atom. The van der Waals surface area contributed by atoms with E-state index in [2.05, 4.69) is 5.32 Å². The molecule has 0 saturated carbocycles. The molecule has 29 heavy (non-hydrogen) atoms. The summed E-state index contributed by atoms with van der Waals surface area (Å²) < 4.78 is 1.75. The van der Waals surface area contributed by atoms with Crippen LogP contribution in [0.1, 0.15) is 66.9 Å². The predicted octanol–water partition coefficient (Wildman–Crippen LogP) is 3.58. The summed E-state index contributed by atoms with van der Waals surface area (Å²) in [6, 6.07) is 1.89. The fourth-order valence-corrected chi connectivity index (χ4v) is 3.84. The Morgan fingerprint density at radius 1 is 1.14 bits per heavy atom. The van der Waals surface area contributed by atoms with Crippen molar-refractivity contribution in [2.75, 3.05) is 13.6 Å². The molecule has 0 saturated heterocycles. The molecule has 0 aliphatic carbocycles. The Kier molecular flexibility index (Phi) is 7.79. The molecule has 0 aliphatic rings. The number of rotatable bonds is 8. The van der Waals surface area contributed by atoms with Crippen LogP contribution in [0.5, 0.6) is 0 Å². The molecular formula is C22H31N3O3S. The molecule has 2 rings (SSSR count). The molecule has 0 unspecified atom stereocenters. The van der Waals surface area contributed by atoms with Gasteiger partial charge in [0.05, 0.1) is 0 Å². The van der Waals surface area contributed by atoms with E-state index in [0.29, 0.717) is 13.0 Å². The maximum Gasteiger partial charge on any atom is 0.259 e. The first-order chi connectivity index (χ1) is 13.6. The van der Waals surface area contributed by atoms with Gasteiger partial charge in [0.1, 0.15) is 11.1 Å². The van der Waals surface area contributed by atoms with Crippen molar-refractivity contribution in [2.45, 2.75) is 53.1 Å². The molecule has 2 aromatic heterocycles. The Bertz CT molecular complexity index is 901. The smallest absolute Gasteiger partial charge is 0.259 e. The van der Waals surface area contributed by atoms with Crippen molar-refractivity contribution >= 4 is 23.2 Å². The van der Waals surface area contributed by atoms with Crippen LogP contribution in [-0.4, -0.2) is 40.9 Å². The van der Waals surface area contributed by atoms with Gasteiger partial charge in [0, 0.05) is 38.1 Å². The summed E-state index contributed by atoms with van der Waals surface area (Å²) >= 11 is 1.61. The van der Waals surface area contributed by atoms with Crippen molar-refractivity contribution in [3.05, 3.63) is 56.1 Å². The van der Waals surface area contributed by atoms with E-state index in [4.69, 9.17) is 0 Å². The number of thiophene rings is 1. The molecule has 6 nitrogen and oxygen atoms in total. The van der Waals surface area contributed by atoms with Gasteiger partial charge < -0.3 is 14.8 Å². The number of pyridine rings is 1. The number of hydrogen-bond acceptors (Lipinski definition) is 4. The van der Waals surface area contributed by atoms with Gasteiger partial charge in [-0.15, -0.1) is 0 Å². The molecule has 0 aliphatic heterocycles. The second-order valence-electron chi connectivity index (χ2n) is 8.25. The van der Waals surface area contributed by atoms with Crippen molar-refractivity contribution in [1.82, 2.24) is 14.8 Å². The van der Waals surface area contributed by atoms with Crippen molar-refractivity contribution in [2.24, 2.45) is 5.92 Å². The zero-order valence-electron chi connectivity index (χ0n) is 18.1. The van der Waals surface area contributed by atoms with Crippen molar-refractivity contribution < 1.29 is 9.59 Å². The SMILES string of the molecule is CC(C)CN(C)C(=O)c1cn(C(C)C)cc(C(=O)N[C@H](C)Cc2ccsc2)c1=O. The summed E-state index contributed by atoms with van der Waals surface area (Å²) in [4.78, 5) is 40.3. The maximum atomic E-state index is 13.0. The number of hydrogen-bond donors (Lipinski definition) is 1. The van der Waals surface area contributed by atoms with Crippen LogP contribution in [0.4, 0.5) is 0 Å². The van der Waals surface area contributed by atoms with E-state index in [0.717, 1.165) is 5.56 Å². The third-order valence-electron chi connectivity index (χ3n) is 4.60. The molecule has 2 heterocycles. The lowest BCUT2D eigenvalue weighted by Gasteiger charge is -2.21. The number of nitrogens with zero attached hydrogens (tertiary/aromatic N) is 2. The van der Waals surface area contributed by atoms with E-state index in [1.54, 1.807) is 35.3 Å². The molecule has 0 bridgehead atoms. The molecule has 7 heteroatoms.